The molecule has 0 aliphatic carbocycles. The van der Waals surface area contributed by atoms with Gasteiger partial charge in [0, 0.05) is 13.1 Å². The molecule has 2 heterocycles. The molecule has 1 unspecified atom stereocenters. The van der Waals surface area contributed by atoms with E-state index in [1.165, 1.54) is 38.2 Å². The van der Waals surface area contributed by atoms with Crippen LogP contribution in [0.1, 0.15) is 31.0 Å². The van der Waals surface area contributed by atoms with Gasteiger partial charge in [0.25, 0.3) is 0 Å². The number of nitrogens with one attached hydrogen (secondary N) is 1. The topological polar surface area (TPSA) is 31.4 Å². The molecule has 0 bridgehead atoms. The Morgan fingerprint density at radius 2 is 2.10 bits per heavy atom. The Balaban J connectivity index is 1.72. The van der Waals surface area contributed by atoms with E-state index in [4.69, 9.17) is 0 Å². The van der Waals surface area contributed by atoms with Crippen molar-refractivity contribution < 1.29 is 4.39 Å². The quantitative estimate of drug-likeness (QED) is 0.793. The fourth-order valence-electron chi connectivity index (χ4n) is 2.81. The first-order valence-electron chi connectivity index (χ1n) is 7.88. The van der Waals surface area contributed by atoms with Gasteiger partial charge in [0.2, 0.25) is 0 Å². The summed E-state index contributed by atoms with van der Waals surface area (Å²) in [7, 11) is 4.10. The molecule has 21 heavy (non-hydrogen) atoms. The van der Waals surface area contributed by atoms with Crippen LogP contribution >= 0.6 is 0 Å². The maximum absolute atomic E-state index is 12.9. The molecule has 2 rings (SSSR count). The van der Waals surface area contributed by atoms with E-state index in [-0.39, 0.29) is 11.9 Å². The summed E-state index contributed by atoms with van der Waals surface area (Å²) in [5.41, 5.74) is 0.909. The Bertz CT molecular complexity index is 403. The van der Waals surface area contributed by atoms with Crippen LogP contribution in [-0.2, 0) is 0 Å². The zero-order valence-electron chi connectivity index (χ0n) is 13.2. The maximum atomic E-state index is 12.9. The van der Waals surface area contributed by atoms with E-state index in [1.807, 2.05) is 7.05 Å². The van der Waals surface area contributed by atoms with Gasteiger partial charge in [0.1, 0.15) is 5.82 Å². The van der Waals surface area contributed by atoms with Gasteiger partial charge in [-0.25, -0.2) is 4.39 Å². The van der Waals surface area contributed by atoms with E-state index in [9.17, 15) is 4.39 Å². The third-order valence-electron chi connectivity index (χ3n) is 4.25. The third-order valence-corrected chi connectivity index (χ3v) is 4.25. The molecule has 5 heteroatoms. The number of likely N-dealkylation sites (N-methyl/N-ethyl adjacent to an activating group) is 1. The number of likely N-dealkylation sites (tertiary alicyclic amines) is 1. The van der Waals surface area contributed by atoms with Crippen molar-refractivity contribution in [1.82, 2.24) is 20.1 Å². The van der Waals surface area contributed by atoms with Gasteiger partial charge >= 0.3 is 0 Å². The van der Waals surface area contributed by atoms with Crippen molar-refractivity contribution in [3.63, 3.8) is 0 Å². The highest BCUT2D eigenvalue weighted by atomic mass is 19.1. The molecule has 1 saturated heterocycles. The largest absolute Gasteiger partial charge is 0.312 e. The van der Waals surface area contributed by atoms with E-state index in [2.05, 4.69) is 27.1 Å². The lowest BCUT2D eigenvalue weighted by Crippen LogP contribution is -2.33. The second-order valence-corrected chi connectivity index (χ2v) is 5.88. The monoisotopic (exact) mass is 294 g/mol. The van der Waals surface area contributed by atoms with Crippen LogP contribution in [0.3, 0.4) is 0 Å². The Morgan fingerprint density at radius 3 is 2.71 bits per heavy atom. The average Bonchev–Trinajstić information content (AvgIpc) is 3.01. The molecule has 0 radical (unpaired) electrons. The van der Waals surface area contributed by atoms with Gasteiger partial charge in [0.05, 0.1) is 17.9 Å². The first kappa shape index (κ1) is 16.3. The van der Waals surface area contributed by atoms with Crippen molar-refractivity contribution in [2.75, 3.05) is 46.8 Å². The molecule has 1 aromatic rings. The summed E-state index contributed by atoms with van der Waals surface area (Å²) < 4.78 is 12.9. The molecular weight excluding hydrogens is 267 g/mol. The molecule has 1 aliphatic rings. The van der Waals surface area contributed by atoms with Crippen molar-refractivity contribution >= 4 is 0 Å². The smallest absolute Gasteiger partial charge is 0.141 e. The molecule has 0 saturated carbocycles. The molecule has 1 N–H and O–H groups in total. The van der Waals surface area contributed by atoms with Gasteiger partial charge in [-0.3, -0.25) is 4.98 Å². The molecule has 1 aromatic heterocycles. The normalized spacial score (nSPS) is 17.5. The Labute approximate surface area is 127 Å². The molecule has 0 spiro atoms. The summed E-state index contributed by atoms with van der Waals surface area (Å²) in [6, 6.07) is 3.42. The number of nitrogens with zero attached hydrogens (tertiary/aromatic N) is 3. The highest BCUT2D eigenvalue weighted by Crippen LogP contribution is 2.14. The lowest BCUT2D eigenvalue weighted by Gasteiger charge is -2.23. The summed E-state index contributed by atoms with van der Waals surface area (Å²) >= 11 is 0. The molecule has 1 fully saturated rings. The van der Waals surface area contributed by atoms with Gasteiger partial charge in [0.15, 0.2) is 0 Å². The lowest BCUT2D eigenvalue weighted by molar-refractivity contribution is 0.248. The van der Waals surface area contributed by atoms with E-state index in [1.54, 1.807) is 6.07 Å². The standard InChI is InChI=1S/C16H27FN4/c1-18-15(16-6-5-14(17)13-19-16)7-10-20(2)11-12-21-8-3-4-9-21/h5-6,13,15,18H,3-4,7-12H2,1-2H3. The van der Waals surface area contributed by atoms with E-state index >= 15 is 0 Å². The van der Waals surface area contributed by atoms with E-state index < -0.39 is 0 Å². The predicted molar refractivity (Wildman–Crippen MR) is 83.8 cm³/mol. The van der Waals surface area contributed by atoms with Crippen LogP contribution in [0, 0.1) is 5.82 Å². The summed E-state index contributed by atoms with van der Waals surface area (Å²) in [4.78, 5) is 9.07. The number of hydrogen-bond acceptors (Lipinski definition) is 4. The summed E-state index contributed by atoms with van der Waals surface area (Å²) in [5.74, 6) is -0.281. The van der Waals surface area contributed by atoms with E-state index in [0.29, 0.717) is 0 Å². The summed E-state index contributed by atoms with van der Waals surface area (Å²) in [6.45, 7) is 5.79. The second-order valence-electron chi connectivity index (χ2n) is 5.88. The van der Waals surface area contributed by atoms with Crippen LogP contribution in [-0.4, -0.2) is 61.6 Å². The highest BCUT2D eigenvalue weighted by molar-refractivity contribution is 5.09. The SMILES string of the molecule is CNC(CCN(C)CCN1CCCC1)c1ccc(F)cn1. The second kappa shape index (κ2) is 8.41. The Kier molecular flexibility index (Phi) is 6.54. The van der Waals surface area contributed by atoms with Gasteiger partial charge in [-0.15, -0.1) is 0 Å². The summed E-state index contributed by atoms with van der Waals surface area (Å²) in [6.07, 6.45) is 4.96. The fourth-order valence-corrected chi connectivity index (χ4v) is 2.81. The maximum Gasteiger partial charge on any atom is 0.141 e. The number of rotatable bonds is 8. The minimum atomic E-state index is -0.281. The number of pyridine rings is 1. The molecule has 118 valence electrons. The molecule has 1 aliphatic heterocycles. The number of aromatic nitrogens is 1. The van der Waals surface area contributed by atoms with Crippen LogP contribution in [0.2, 0.25) is 0 Å². The first-order valence-corrected chi connectivity index (χ1v) is 7.88. The van der Waals surface area contributed by atoms with Crippen molar-refractivity contribution in [2.24, 2.45) is 0 Å². The van der Waals surface area contributed by atoms with Crippen LogP contribution in [0.15, 0.2) is 18.3 Å². The van der Waals surface area contributed by atoms with Crippen molar-refractivity contribution in [3.8, 4) is 0 Å². The fraction of sp³-hybridized carbons (Fsp3) is 0.688. The summed E-state index contributed by atoms with van der Waals surface area (Å²) in [5, 5.41) is 3.27. The van der Waals surface area contributed by atoms with Gasteiger partial charge in [-0.2, -0.15) is 0 Å². The molecular formula is C16H27FN4. The average molecular weight is 294 g/mol. The molecule has 0 amide bonds. The number of halogens is 1. The van der Waals surface area contributed by atoms with Crippen LogP contribution in [0.25, 0.3) is 0 Å². The minimum absolute atomic E-state index is 0.180. The van der Waals surface area contributed by atoms with E-state index in [0.717, 1.165) is 31.7 Å². The van der Waals surface area contributed by atoms with Crippen molar-refractivity contribution in [1.29, 1.82) is 0 Å². The molecule has 0 aromatic carbocycles. The van der Waals surface area contributed by atoms with Gasteiger partial charge in [-0.1, -0.05) is 0 Å². The zero-order chi connectivity index (χ0) is 15.1. The predicted octanol–water partition coefficient (Wildman–Crippen LogP) is 1.90. The van der Waals surface area contributed by atoms with Crippen LogP contribution < -0.4 is 5.32 Å². The molecule has 1 atom stereocenters. The van der Waals surface area contributed by atoms with Crippen LogP contribution in [0.4, 0.5) is 4.39 Å². The lowest BCUT2D eigenvalue weighted by atomic mass is 10.1. The zero-order valence-corrected chi connectivity index (χ0v) is 13.2. The third kappa shape index (κ3) is 5.34. The highest BCUT2D eigenvalue weighted by Gasteiger charge is 2.14. The Hall–Kier alpha value is -1.04. The Morgan fingerprint density at radius 1 is 1.33 bits per heavy atom. The minimum Gasteiger partial charge on any atom is -0.312 e. The first-order chi connectivity index (χ1) is 10.2. The van der Waals surface area contributed by atoms with Crippen LogP contribution in [0.5, 0.6) is 0 Å². The number of hydrogen-bond donors (Lipinski definition) is 1. The van der Waals surface area contributed by atoms with Gasteiger partial charge in [-0.05, 0) is 65.1 Å². The van der Waals surface area contributed by atoms with Gasteiger partial charge < -0.3 is 15.1 Å². The van der Waals surface area contributed by atoms with Crippen molar-refractivity contribution in [3.05, 3.63) is 29.8 Å². The van der Waals surface area contributed by atoms with Crippen molar-refractivity contribution in [2.45, 2.75) is 25.3 Å². The molecule has 4 nitrogen and oxygen atoms in total.